The van der Waals surface area contributed by atoms with E-state index < -0.39 is 6.29 Å². The number of ether oxygens (including phenoxy) is 2. The second kappa shape index (κ2) is 7.53. The Morgan fingerprint density at radius 2 is 1.75 bits per heavy atom. The number of hydrogen-bond acceptors (Lipinski definition) is 3. The first-order valence-electron chi connectivity index (χ1n) is 4.58. The maximum absolute atomic E-state index is 9.00. The first kappa shape index (κ1) is 11.9. The minimum absolute atomic E-state index is 0.279. The molecule has 0 aliphatic carbocycles. The van der Waals surface area contributed by atoms with Crippen LogP contribution in [0.3, 0.4) is 0 Å². The van der Waals surface area contributed by atoms with Crippen molar-refractivity contribution in [3.63, 3.8) is 0 Å². The van der Waals surface area contributed by atoms with Gasteiger partial charge in [-0.1, -0.05) is 6.92 Å². The van der Waals surface area contributed by atoms with Gasteiger partial charge in [0.15, 0.2) is 6.29 Å². The summed E-state index contributed by atoms with van der Waals surface area (Å²) in [5, 5.41) is 9.00. The molecule has 1 N–H and O–H groups in total. The summed E-state index contributed by atoms with van der Waals surface area (Å²) in [4.78, 5) is 0. The van der Waals surface area contributed by atoms with Gasteiger partial charge >= 0.3 is 0 Å². The van der Waals surface area contributed by atoms with Gasteiger partial charge in [-0.25, -0.2) is 0 Å². The molecule has 0 radical (unpaired) electrons. The third-order valence-corrected chi connectivity index (χ3v) is 1.40. The summed E-state index contributed by atoms with van der Waals surface area (Å²) in [5.74, 6) is 0. The quantitative estimate of drug-likeness (QED) is 0.472. The maximum atomic E-state index is 9.00. The molecule has 74 valence electrons. The van der Waals surface area contributed by atoms with E-state index in [1.807, 2.05) is 20.8 Å². The number of hydrogen-bond donors (Lipinski definition) is 1. The van der Waals surface area contributed by atoms with Crippen molar-refractivity contribution in [2.24, 2.45) is 0 Å². The second-order valence-electron chi connectivity index (χ2n) is 3.01. The monoisotopic (exact) mass is 176 g/mol. The van der Waals surface area contributed by atoms with Crippen LogP contribution in [0.15, 0.2) is 0 Å². The van der Waals surface area contributed by atoms with Crippen LogP contribution in [0.2, 0.25) is 0 Å². The minimum atomic E-state index is -0.607. The Balaban J connectivity index is 3.00. The molecule has 0 saturated heterocycles. The highest BCUT2D eigenvalue weighted by Gasteiger charge is 1.99. The molecule has 0 heterocycles. The van der Waals surface area contributed by atoms with Gasteiger partial charge in [0.2, 0.25) is 0 Å². The Kier molecular flexibility index (Phi) is 7.45. The molecule has 3 heteroatoms. The lowest BCUT2D eigenvalue weighted by Gasteiger charge is -2.10. The summed E-state index contributed by atoms with van der Waals surface area (Å²) in [7, 11) is 0. The van der Waals surface area contributed by atoms with Gasteiger partial charge in [0.05, 0.1) is 12.7 Å². The zero-order chi connectivity index (χ0) is 9.40. The van der Waals surface area contributed by atoms with E-state index in [0.717, 1.165) is 6.42 Å². The molecule has 0 fully saturated rings. The molecule has 1 atom stereocenters. The maximum Gasteiger partial charge on any atom is 0.154 e. The first-order valence-corrected chi connectivity index (χ1v) is 4.58. The van der Waals surface area contributed by atoms with Crippen LogP contribution in [0.25, 0.3) is 0 Å². The molecular formula is C9H20O3. The van der Waals surface area contributed by atoms with Crippen LogP contribution in [-0.4, -0.2) is 30.7 Å². The first-order chi connectivity index (χ1) is 5.66. The molecule has 0 saturated carbocycles. The molecule has 0 aliphatic rings. The average molecular weight is 176 g/mol. The highest BCUT2D eigenvalue weighted by Crippen LogP contribution is 1.95. The van der Waals surface area contributed by atoms with Crippen LogP contribution in [0, 0.1) is 0 Å². The Bertz CT molecular complexity index is 93.8. The molecule has 0 bridgehead atoms. The smallest absolute Gasteiger partial charge is 0.154 e. The van der Waals surface area contributed by atoms with E-state index in [1.165, 1.54) is 0 Å². The Hall–Kier alpha value is -0.120. The highest BCUT2D eigenvalue weighted by molar-refractivity contribution is 4.40. The average Bonchev–Trinajstić information content (AvgIpc) is 2.03. The zero-order valence-electron chi connectivity index (χ0n) is 8.25. The van der Waals surface area contributed by atoms with Crippen LogP contribution in [0.4, 0.5) is 0 Å². The van der Waals surface area contributed by atoms with Gasteiger partial charge in [0.25, 0.3) is 0 Å². The number of aliphatic hydroxyl groups excluding tert-OH is 1. The Labute approximate surface area is 74.7 Å². The normalized spacial score (nSPS) is 13.8. The van der Waals surface area contributed by atoms with Crippen molar-refractivity contribution in [3.05, 3.63) is 0 Å². The van der Waals surface area contributed by atoms with Crippen LogP contribution in [0.5, 0.6) is 0 Å². The molecule has 1 unspecified atom stereocenters. The van der Waals surface area contributed by atoms with Crippen molar-refractivity contribution in [1.29, 1.82) is 0 Å². The molecule has 0 spiro atoms. The molecule has 0 aliphatic heterocycles. The van der Waals surface area contributed by atoms with E-state index in [1.54, 1.807) is 0 Å². The van der Waals surface area contributed by atoms with Gasteiger partial charge in [0, 0.05) is 6.61 Å². The highest BCUT2D eigenvalue weighted by atomic mass is 16.6. The van der Waals surface area contributed by atoms with Crippen molar-refractivity contribution >= 4 is 0 Å². The van der Waals surface area contributed by atoms with Crippen LogP contribution in [-0.2, 0) is 9.47 Å². The van der Waals surface area contributed by atoms with Crippen molar-refractivity contribution in [3.8, 4) is 0 Å². The lowest BCUT2D eigenvalue weighted by atomic mass is 10.4. The molecule has 0 aromatic carbocycles. The SMILES string of the molecule is CCC(O)OCCCOC(C)C. The van der Waals surface area contributed by atoms with Crippen molar-refractivity contribution < 1.29 is 14.6 Å². The molecule has 0 aromatic rings. The molecule has 0 amide bonds. The summed E-state index contributed by atoms with van der Waals surface area (Å²) >= 11 is 0. The molecular weight excluding hydrogens is 156 g/mol. The van der Waals surface area contributed by atoms with Crippen molar-refractivity contribution in [2.75, 3.05) is 13.2 Å². The molecule has 0 rings (SSSR count). The number of rotatable bonds is 7. The summed E-state index contributed by atoms with van der Waals surface area (Å²) in [6.45, 7) is 7.16. The predicted molar refractivity (Wildman–Crippen MR) is 48.0 cm³/mol. The van der Waals surface area contributed by atoms with E-state index in [0.29, 0.717) is 19.6 Å². The largest absolute Gasteiger partial charge is 0.379 e. The van der Waals surface area contributed by atoms with Gasteiger partial charge in [-0.05, 0) is 26.7 Å². The third-order valence-electron chi connectivity index (χ3n) is 1.40. The summed E-state index contributed by atoms with van der Waals surface area (Å²) in [5.41, 5.74) is 0. The van der Waals surface area contributed by atoms with Gasteiger partial charge < -0.3 is 14.6 Å². The lowest BCUT2D eigenvalue weighted by Crippen LogP contribution is -2.13. The van der Waals surface area contributed by atoms with Crippen LogP contribution >= 0.6 is 0 Å². The van der Waals surface area contributed by atoms with Crippen molar-refractivity contribution in [1.82, 2.24) is 0 Å². The topological polar surface area (TPSA) is 38.7 Å². The van der Waals surface area contributed by atoms with Gasteiger partial charge in [-0.2, -0.15) is 0 Å². The Morgan fingerprint density at radius 1 is 1.17 bits per heavy atom. The third kappa shape index (κ3) is 7.98. The van der Waals surface area contributed by atoms with Crippen LogP contribution < -0.4 is 0 Å². The van der Waals surface area contributed by atoms with Crippen molar-refractivity contribution in [2.45, 2.75) is 46.0 Å². The fraction of sp³-hybridized carbons (Fsp3) is 1.00. The van der Waals surface area contributed by atoms with E-state index in [9.17, 15) is 0 Å². The fourth-order valence-corrected chi connectivity index (χ4v) is 0.715. The molecule has 0 aromatic heterocycles. The standard InChI is InChI=1S/C9H20O3/c1-4-9(10)12-7-5-6-11-8(2)3/h8-10H,4-7H2,1-3H3. The predicted octanol–water partition coefficient (Wildman–Crippen LogP) is 1.55. The minimum Gasteiger partial charge on any atom is -0.379 e. The summed E-state index contributed by atoms with van der Waals surface area (Å²) < 4.78 is 10.3. The second-order valence-corrected chi connectivity index (χ2v) is 3.01. The molecule has 3 nitrogen and oxygen atoms in total. The van der Waals surface area contributed by atoms with Crippen LogP contribution in [0.1, 0.15) is 33.6 Å². The fourth-order valence-electron chi connectivity index (χ4n) is 0.715. The molecule has 12 heavy (non-hydrogen) atoms. The lowest BCUT2D eigenvalue weighted by molar-refractivity contribution is -0.104. The van der Waals surface area contributed by atoms with Gasteiger partial charge in [-0.15, -0.1) is 0 Å². The Morgan fingerprint density at radius 3 is 2.25 bits per heavy atom. The van der Waals surface area contributed by atoms with E-state index in [4.69, 9.17) is 14.6 Å². The summed E-state index contributed by atoms with van der Waals surface area (Å²) in [6.07, 6.45) is 1.16. The number of aliphatic hydroxyl groups is 1. The summed E-state index contributed by atoms with van der Waals surface area (Å²) in [6, 6.07) is 0. The zero-order valence-corrected chi connectivity index (χ0v) is 8.25. The van der Waals surface area contributed by atoms with Gasteiger partial charge in [-0.3, -0.25) is 0 Å². The van der Waals surface area contributed by atoms with E-state index in [-0.39, 0.29) is 6.10 Å². The van der Waals surface area contributed by atoms with Gasteiger partial charge in [0.1, 0.15) is 0 Å². The van der Waals surface area contributed by atoms with E-state index >= 15 is 0 Å². The van der Waals surface area contributed by atoms with E-state index in [2.05, 4.69) is 0 Å².